The van der Waals surface area contributed by atoms with Crippen LogP contribution >= 0.6 is 0 Å². The lowest BCUT2D eigenvalue weighted by Gasteiger charge is -2.19. The summed E-state index contributed by atoms with van der Waals surface area (Å²) in [6.07, 6.45) is -2.89. The summed E-state index contributed by atoms with van der Waals surface area (Å²) in [5, 5.41) is 23.8. The summed E-state index contributed by atoms with van der Waals surface area (Å²) in [5.74, 6) is -1.96. The van der Waals surface area contributed by atoms with Crippen molar-refractivity contribution in [2.24, 2.45) is 5.10 Å². The Morgan fingerprint density at radius 1 is 1.05 bits per heavy atom. The molecule has 1 heterocycles. The molecule has 1 aliphatic heterocycles. The number of hydrazone groups is 1. The zero-order valence-corrected chi connectivity index (χ0v) is 20.7. The number of carbonyl (C=O) groups is 2. The van der Waals surface area contributed by atoms with E-state index < -0.39 is 23.6 Å². The smallest absolute Gasteiger partial charge is 0.416 e. The Morgan fingerprint density at radius 3 is 2.39 bits per heavy atom. The molecule has 0 saturated carbocycles. The molecule has 3 N–H and O–H groups in total. The van der Waals surface area contributed by atoms with Gasteiger partial charge in [0.15, 0.2) is 5.71 Å². The number of aliphatic carboxylic acids is 1. The molecule has 10 heteroatoms. The maximum Gasteiger partial charge on any atom is 0.416 e. The molecule has 0 spiro atoms. The van der Waals surface area contributed by atoms with Crippen LogP contribution in [0.3, 0.4) is 0 Å². The van der Waals surface area contributed by atoms with Crippen molar-refractivity contribution in [2.75, 3.05) is 10.3 Å². The van der Waals surface area contributed by atoms with Crippen LogP contribution in [0, 0.1) is 13.8 Å². The molecule has 196 valence electrons. The van der Waals surface area contributed by atoms with Gasteiger partial charge in [-0.05, 0) is 85.5 Å². The number of carboxylic acid groups (broad SMARTS) is 1. The molecular weight excluding hydrogens is 499 g/mol. The summed E-state index contributed by atoms with van der Waals surface area (Å²) in [7, 11) is 0. The first-order valence-electron chi connectivity index (χ1n) is 11.6. The standard InChI is InChI=1S/C28H24F3N3O4/c1-4-18(27(37)38)12-17-6-10-22(24(35)13-17)32-33-25-21-9-7-19(28(29,30)31)14-23(21)34(26(25)36)20-8-5-15(2)16(3)11-20/h5-14,32,35H,4H2,1-3H3,(H,37,38). The number of carboxylic acids is 1. The Balaban J connectivity index is 1.74. The van der Waals surface area contributed by atoms with Crippen molar-refractivity contribution in [1.29, 1.82) is 0 Å². The van der Waals surface area contributed by atoms with Crippen LogP contribution in [0.1, 0.15) is 41.2 Å². The van der Waals surface area contributed by atoms with E-state index in [1.807, 2.05) is 13.8 Å². The SMILES string of the molecule is CCC(=Cc1ccc(NN=C2C(=O)N(c3ccc(C)c(C)c3)c3cc(C(F)(F)F)ccc32)c(O)c1)C(=O)O. The number of fused-ring (bicyclic) bond motifs is 1. The number of benzene rings is 3. The van der Waals surface area contributed by atoms with Gasteiger partial charge in [0, 0.05) is 16.8 Å². The number of hydrogen-bond donors (Lipinski definition) is 3. The second-order valence-corrected chi connectivity index (χ2v) is 8.82. The third kappa shape index (κ3) is 5.10. The number of amides is 1. The monoisotopic (exact) mass is 523 g/mol. The fourth-order valence-electron chi connectivity index (χ4n) is 4.02. The summed E-state index contributed by atoms with van der Waals surface area (Å²) >= 11 is 0. The van der Waals surface area contributed by atoms with E-state index in [-0.39, 0.29) is 34.0 Å². The van der Waals surface area contributed by atoms with Crippen LogP contribution in [-0.4, -0.2) is 27.8 Å². The number of halogens is 3. The Bertz CT molecular complexity index is 1510. The lowest BCUT2D eigenvalue weighted by atomic mass is 10.1. The van der Waals surface area contributed by atoms with E-state index in [9.17, 15) is 33.0 Å². The molecule has 0 bridgehead atoms. The maximum atomic E-state index is 13.5. The molecular formula is C28H24F3N3O4. The van der Waals surface area contributed by atoms with E-state index in [4.69, 9.17) is 0 Å². The predicted octanol–water partition coefficient (Wildman–Crippen LogP) is 6.40. The Hall–Kier alpha value is -4.60. The quantitative estimate of drug-likeness (QED) is 0.197. The molecule has 0 aliphatic carbocycles. The highest BCUT2D eigenvalue weighted by atomic mass is 19.4. The van der Waals surface area contributed by atoms with Crippen LogP contribution in [0.2, 0.25) is 0 Å². The van der Waals surface area contributed by atoms with Gasteiger partial charge in [0.2, 0.25) is 0 Å². The fourth-order valence-corrected chi connectivity index (χ4v) is 4.02. The highest BCUT2D eigenvalue weighted by molar-refractivity contribution is 6.55. The van der Waals surface area contributed by atoms with Crippen molar-refractivity contribution in [3.63, 3.8) is 0 Å². The summed E-state index contributed by atoms with van der Waals surface area (Å²) in [6.45, 7) is 5.42. The maximum absolute atomic E-state index is 13.5. The lowest BCUT2D eigenvalue weighted by Crippen LogP contribution is -2.26. The van der Waals surface area contributed by atoms with Gasteiger partial charge in [-0.1, -0.05) is 19.1 Å². The van der Waals surface area contributed by atoms with Gasteiger partial charge in [-0.15, -0.1) is 0 Å². The summed E-state index contributed by atoms with van der Waals surface area (Å²) < 4.78 is 40.4. The molecule has 0 fully saturated rings. The van der Waals surface area contributed by atoms with E-state index in [2.05, 4.69) is 10.5 Å². The summed E-state index contributed by atoms with van der Waals surface area (Å²) in [6, 6.07) is 12.5. The van der Waals surface area contributed by atoms with Crippen molar-refractivity contribution in [3.05, 3.63) is 88.0 Å². The molecule has 1 aliphatic rings. The summed E-state index contributed by atoms with van der Waals surface area (Å²) in [4.78, 5) is 25.9. The van der Waals surface area contributed by atoms with Crippen LogP contribution in [0.15, 0.2) is 65.3 Å². The topological polar surface area (TPSA) is 102 Å². The minimum atomic E-state index is -4.61. The van der Waals surface area contributed by atoms with Gasteiger partial charge >= 0.3 is 12.1 Å². The van der Waals surface area contributed by atoms with Gasteiger partial charge in [0.05, 0.1) is 16.9 Å². The molecule has 38 heavy (non-hydrogen) atoms. The zero-order chi connectivity index (χ0) is 27.8. The number of phenols is 1. The third-order valence-electron chi connectivity index (χ3n) is 6.28. The number of rotatable bonds is 6. The highest BCUT2D eigenvalue weighted by Gasteiger charge is 2.39. The lowest BCUT2D eigenvalue weighted by molar-refractivity contribution is -0.137. The number of nitrogens with one attached hydrogen (secondary N) is 1. The van der Waals surface area contributed by atoms with Crippen LogP contribution in [-0.2, 0) is 15.8 Å². The highest BCUT2D eigenvalue weighted by Crippen LogP contribution is 2.40. The average Bonchev–Trinajstić information content (AvgIpc) is 3.13. The van der Waals surface area contributed by atoms with Gasteiger partial charge in [0.25, 0.3) is 5.91 Å². The number of phenolic OH excluding ortho intramolecular Hbond substituents is 1. The minimum absolute atomic E-state index is 0.0408. The first-order valence-corrected chi connectivity index (χ1v) is 11.6. The van der Waals surface area contributed by atoms with Crippen molar-refractivity contribution in [1.82, 2.24) is 0 Å². The minimum Gasteiger partial charge on any atom is -0.506 e. The first kappa shape index (κ1) is 26.5. The van der Waals surface area contributed by atoms with Gasteiger partial charge < -0.3 is 10.2 Å². The number of alkyl halides is 3. The van der Waals surface area contributed by atoms with Gasteiger partial charge in [0.1, 0.15) is 5.75 Å². The molecule has 3 aromatic rings. The van der Waals surface area contributed by atoms with Crippen LogP contribution in [0.25, 0.3) is 6.08 Å². The van der Waals surface area contributed by atoms with Crippen LogP contribution in [0.5, 0.6) is 5.75 Å². The van der Waals surface area contributed by atoms with E-state index in [1.54, 1.807) is 31.2 Å². The third-order valence-corrected chi connectivity index (χ3v) is 6.28. The van der Waals surface area contributed by atoms with Crippen molar-refractivity contribution < 1.29 is 33.0 Å². The van der Waals surface area contributed by atoms with E-state index in [1.165, 1.54) is 29.2 Å². The predicted molar refractivity (Wildman–Crippen MR) is 139 cm³/mol. The normalized spacial score (nSPS) is 14.7. The number of carbonyl (C=O) groups excluding carboxylic acids is 1. The molecule has 7 nitrogen and oxygen atoms in total. The average molecular weight is 524 g/mol. The fraction of sp³-hybridized carbons (Fsp3) is 0.179. The largest absolute Gasteiger partial charge is 0.506 e. The molecule has 0 unspecified atom stereocenters. The molecule has 0 saturated heterocycles. The van der Waals surface area contributed by atoms with Crippen LogP contribution in [0.4, 0.5) is 30.2 Å². The molecule has 4 rings (SSSR count). The van der Waals surface area contributed by atoms with E-state index in [0.29, 0.717) is 17.7 Å². The molecule has 0 radical (unpaired) electrons. The van der Waals surface area contributed by atoms with E-state index >= 15 is 0 Å². The van der Waals surface area contributed by atoms with Gasteiger partial charge in [-0.25, -0.2) is 4.79 Å². The van der Waals surface area contributed by atoms with Crippen molar-refractivity contribution in [3.8, 4) is 5.75 Å². The first-order chi connectivity index (χ1) is 17.9. The molecule has 0 atom stereocenters. The Labute approximate surface area is 216 Å². The molecule has 0 aromatic heterocycles. The Morgan fingerprint density at radius 2 is 1.79 bits per heavy atom. The van der Waals surface area contributed by atoms with Gasteiger partial charge in [-0.3, -0.25) is 15.1 Å². The van der Waals surface area contributed by atoms with Gasteiger partial charge in [-0.2, -0.15) is 18.3 Å². The number of hydrogen-bond acceptors (Lipinski definition) is 5. The number of anilines is 3. The Kier molecular flexibility index (Phi) is 6.99. The van der Waals surface area contributed by atoms with Crippen molar-refractivity contribution in [2.45, 2.75) is 33.4 Å². The number of nitrogens with zero attached hydrogens (tertiary/aromatic N) is 2. The molecule has 1 amide bonds. The van der Waals surface area contributed by atoms with Crippen LogP contribution < -0.4 is 10.3 Å². The zero-order valence-electron chi connectivity index (χ0n) is 20.7. The molecule has 3 aromatic carbocycles. The summed E-state index contributed by atoms with van der Waals surface area (Å²) in [5.41, 5.74) is 4.76. The van der Waals surface area contributed by atoms with E-state index in [0.717, 1.165) is 23.3 Å². The van der Waals surface area contributed by atoms with Crippen molar-refractivity contribution >= 4 is 40.7 Å². The second-order valence-electron chi connectivity index (χ2n) is 8.82. The second kappa shape index (κ2) is 10.0. The number of aryl methyl sites for hydroxylation is 2. The number of aromatic hydroxyl groups is 1.